The molecule has 0 N–H and O–H groups in total. The van der Waals surface area contributed by atoms with E-state index in [2.05, 4.69) is 6.58 Å². The van der Waals surface area contributed by atoms with Gasteiger partial charge in [0.15, 0.2) is 0 Å². The predicted molar refractivity (Wildman–Crippen MR) is 64.8 cm³/mol. The first-order valence-corrected chi connectivity index (χ1v) is 5.75. The fourth-order valence-electron chi connectivity index (χ4n) is 1.88. The Morgan fingerprint density at radius 3 is 2.53 bits per heavy atom. The van der Waals surface area contributed by atoms with Gasteiger partial charge in [-0.1, -0.05) is 24.8 Å². The number of rotatable bonds is 3. The summed E-state index contributed by atoms with van der Waals surface area (Å²) in [5.74, 6) is -0.299. The Hall–Kier alpha value is -1.61. The van der Waals surface area contributed by atoms with Crippen molar-refractivity contribution in [3.05, 3.63) is 48.6 Å². The predicted octanol–water partition coefficient (Wildman–Crippen LogP) is 2.58. The number of carbonyl (C=O) groups excluding carboxylic acids is 1. The molecule has 1 saturated heterocycles. The molecule has 0 spiro atoms. The van der Waals surface area contributed by atoms with E-state index in [1.807, 2.05) is 18.2 Å². The van der Waals surface area contributed by atoms with Crippen molar-refractivity contribution in [2.75, 3.05) is 13.2 Å². The van der Waals surface area contributed by atoms with E-state index >= 15 is 0 Å². The Morgan fingerprint density at radius 1 is 1.29 bits per heavy atom. The molecule has 0 atom stereocenters. The number of benzene rings is 1. The minimum atomic E-state index is -0.564. The van der Waals surface area contributed by atoms with E-state index < -0.39 is 5.60 Å². The average molecular weight is 232 g/mol. The van der Waals surface area contributed by atoms with Crippen LogP contribution in [0.25, 0.3) is 0 Å². The Kier molecular flexibility index (Phi) is 3.59. The first kappa shape index (κ1) is 11.9. The van der Waals surface area contributed by atoms with Crippen LogP contribution in [0.3, 0.4) is 0 Å². The van der Waals surface area contributed by atoms with Gasteiger partial charge in [-0.05, 0) is 18.2 Å². The molecule has 0 aromatic heterocycles. The van der Waals surface area contributed by atoms with Crippen LogP contribution in [-0.4, -0.2) is 24.8 Å². The second kappa shape index (κ2) is 5.15. The number of hydrogen-bond acceptors (Lipinski definition) is 3. The van der Waals surface area contributed by atoms with Crippen LogP contribution in [0.15, 0.2) is 43.0 Å². The van der Waals surface area contributed by atoms with Crippen LogP contribution >= 0.6 is 0 Å². The van der Waals surface area contributed by atoms with Crippen molar-refractivity contribution in [2.24, 2.45) is 0 Å². The van der Waals surface area contributed by atoms with Crippen LogP contribution in [0.2, 0.25) is 0 Å². The lowest BCUT2D eigenvalue weighted by atomic mass is 9.94. The molecule has 3 heteroatoms. The van der Waals surface area contributed by atoms with E-state index in [1.54, 1.807) is 18.2 Å². The summed E-state index contributed by atoms with van der Waals surface area (Å²) in [4.78, 5) is 12.0. The van der Waals surface area contributed by atoms with Gasteiger partial charge in [0.05, 0.1) is 18.8 Å². The summed E-state index contributed by atoms with van der Waals surface area (Å²) in [5, 5.41) is 0. The number of esters is 1. The van der Waals surface area contributed by atoms with Gasteiger partial charge < -0.3 is 9.47 Å². The molecule has 0 bridgehead atoms. The maximum atomic E-state index is 12.0. The van der Waals surface area contributed by atoms with Crippen LogP contribution in [0, 0.1) is 0 Å². The zero-order valence-electron chi connectivity index (χ0n) is 9.72. The van der Waals surface area contributed by atoms with Crippen LogP contribution in [-0.2, 0) is 9.47 Å². The summed E-state index contributed by atoms with van der Waals surface area (Å²) in [6, 6.07) is 9.01. The zero-order valence-corrected chi connectivity index (χ0v) is 9.72. The Morgan fingerprint density at radius 2 is 1.94 bits per heavy atom. The standard InChI is InChI=1S/C14H16O3/c1-2-14(8-10-16-11-9-14)17-13(15)12-6-4-3-5-7-12/h2-7H,1,8-11H2. The van der Waals surface area contributed by atoms with Gasteiger partial charge in [-0.25, -0.2) is 4.79 Å². The van der Waals surface area contributed by atoms with Gasteiger partial charge in [-0.2, -0.15) is 0 Å². The van der Waals surface area contributed by atoms with E-state index in [9.17, 15) is 4.79 Å². The van der Waals surface area contributed by atoms with E-state index in [1.165, 1.54) is 0 Å². The molecule has 1 aromatic rings. The maximum absolute atomic E-state index is 12.0. The van der Waals surface area contributed by atoms with Crippen LogP contribution < -0.4 is 0 Å². The lowest BCUT2D eigenvalue weighted by molar-refractivity contribution is -0.0534. The second-order valence-corrected chi connectivity index (χ2v) is 4.14. The van der Waals surface area contributed by atoms with Gasteiger partial charge in [0.25, 0.3) is 0 Å². The molecule has 0 radical (unpaired) electrons. The summed E-state index contributed by atoms with van der Waals surface area (Å²) in [6.45, 7) is 4.98. The lowest BCUT2D eigenvalue weighted by Gasteiger charge is -2.33. The largest absolute Gasteiger partial charge is 0.451 e. The van der Waals surface area contributed by atoms with Gasteiger partial charge in [-0.15, -0.1) is 0 Å². The van der Waals surface area contributed by atoms with Gasteiger partial charge in [0.1, 0.15) is 5.60 Å². The monoisotopic (exact) mass is 232 g/mol. The zero-order chi connectivity index (χ0) is 12.1. The molecule has 1 fully saturated rings. The highest BCUT2D eigenvalue weighted by Crippen LogP contribution is 2.27. The molecule has 0 saturated carbocycles. The van der Waals surface area contributed by atoms with Crippen molar-refractivity contribution in [3.8, 4) is 0 Å². The normalized spacial score (nSPS) is 18.4. The summed E-state index contributed by atoms with van der Waals surface area (Å²) >= 11 is 0. The third kappa shape index (κ3) is 2.74. The minimum Gasteiger partial charge on any atom is -0.451 e. The highest BCUT2D eigenvalue weighted by atomic mass is 16.6. The summed E-state index contributed by atoms with van der Waals surface area (Å²) < 4.78 is 10.9. The summed E-state index contributed by atoms with van der Waals surface area (Å²) in [5.41, 5.74) is 0.00533. The number of ether oxygens (including phenoxy) is 2. The first-order chi connectivity index (χ1) is 8.26. The summed E-state index contributed by atoms with van der Waals surface area (Å²) in [7, 11) is 0. The number of carbonyl (C=O) groups is 1. The molecular weight excluding hydrogens is 216 g/mol. The quantitative estimate of drug-likeness (QED) is 0.593. The highest BCUT2D eigenvalue weighted by Gasteiger charge is 2.33. The molecule has 0 unspecified atom stereocenters. The molecule has 17 heavy (non-hydrogen) atoms. The van der Waals surface area contributed by atoms with E-state index in [-0.39, 0.29) is 5.97 Å². The molecule has 0 amide bonds. The molecule has 0 aliphatic carbocycles. The molecule has 3 nitrogen and oxygen atoms in total. The van der Waals surface area contributed by atoms with Crippen LogP contribution in [0.4, 0.5) is 0 Å². The third-order valence-electron chi connectivity index (χ3n) is 3.02. The van der Waals surface area contributed by atoms with Crippen LogP contribution in [0.5, 0.6) is 0 Å². The Balaban J connectivity index is 2.09. The topological polar surface area (TPSA) is 35.5 Å². The molecule has 1 aromatic carbocycles. The van der Waals surface area contributed by atoms with Gasteiger partial charge >= 0.3 is 5.97 Å². The molecule has 90 valence electrons. The highest BCUT2D eigenvalue weighted by molar-refractivity contribution is 5.89. The maximum Gasteiger partial charge on any atom is 0.338 e. The van der Waals surface area contributed by atoms with E-state index in [0.29, 0.717) is 31.6 Å². The van der Waals surface area contributed by atoms with Crippen molar-refractivity contribution in [1.29, 1.82) is 0 Å². The minimum absolute atomic E-state index is 0.299. The Bertz CT molecular complexity index is 391. The van der Waals surface area contributed by atoms with Crippen molar-refractivity contribution in [1.82, 2.24) is 0 Å². The fourth-order valence-corrected chi connectivity index (χ4v) is 1.88. The molecular formula is C14H16O3. The number of hydrogen-bond donors (Lipinski definition) is 0. The second-order valence-electron chi connectivity index (χ2n) is 4.14. The van der Waals surface area contributed by atoms with Crippen molar-refractivity contribution in [3.63, 3.8) is 0 Å². The molecule has 1 aliphatic heterocycles. The SMILES string of the molecule is C=CC1(OC(=O)c2ccccc2)CCOCC1. The fraction of sp³-hybridized carbons (Fsp3) is 0.357. The Labute approximate surface area is 101 Å². The van der Waals surface area contributed by atoms with Gasteiger partial charge in [0.2, 0.25) is 0 Å². The average Bonchev–Trinajstić information content (AvgIpc) is 2.41. The van der Waals surface area contributed by atoms with Gasteiger partial charge in [-0.3, -0.25) is 0 Å². The molecule has 1 heterocycles. The van der Waals surface area contributed by atoms with E-state index in [4.69, 9.17) is 9.47 Å². The smallest absolute Gasteiger partial charge is 0.338 e. The van der Waals surface area contributed by atoms with Gasteiger partial charge in [0, 0.05) is 12.8 Å². The molecule has 1 aliphatic rings. The van der Waals surface area contributed by atoms with Crippen LogP contribution in [0.1, 0.15) is 23.2 Å². The van der Waals surface area contributed by atoms with Crippen molar-refractivity contribution < 1.29 is 14.3 Å². The molecule has 2 rings (SSSR count). The first-order valence-electron chi connectivity index (χ1n) is 5.75. The van der Waals surface area contributed by atoms with Crippen molar-refractivity contribution >= 4 is 5.97 Å². The van der Waals surface area contributed by atoms with Crippen molar-refractivity contribution in [2.45, 2.75) is 18.4 Å². The third-order valence-corrected chi connectivity index (χ3v) is 3.02. The lowest BCUT2D eigenvalue weighted by Crippen LogP contribution is -2.38. The summed E-state index contributed by atoms with van der Waals surface area (Å²) in [6.07, 6.45) is 3.07. The van der Waals surface area contributed by atoms with E-state index in [0.717, 1.165) is 0 Å².